The van der Waals surface area contributed by atoms with Crippen molar-refractivity contribution in [1.82, 2.24) is 34.7 Å². The maximum Gasteiger partial charge on any atom is 0.317 e. The molecule has 1 saturated carbocycles. The number of likely N-dealkylation sites (N-methyl/N-ethyl adjacent to an activating group) is 1. The number of amides is 2. The van der Waals surface area contributed by atoms with Gasteiger partial charge in [0.15, 0.2) is 17.2 Å². The predicted octanol–water partition coefficient (Wildman–Crippen LogP) is 1.74. The second-order valence-corrected chi connectivity index (χ2v) is 11.3. The lowest BCUT2D eigenvalue weighted by Crippen LogP contribution is -2.58. The molecule has 3 aliphatic rings. The minimum Gasteiger partial charge on any atom is -0.389 e. The maximum absolute atomic E-state index is 12.8. The molecule has 3 fully saturated rings. The Bertz CT molecular complexity index is 1580. The average Bonchev–Trinajstić information content (AvgIpc) is 3.71. The Kier molecular flexibility index (Phi) is 7.60. The number of piperazine rings is 1. The normalized spacial score (nSPS) is 21.1. The summed E-state index contributed by atoms with van der Waals surface area (Å²) in [6, 6.07) is 7.26. The number of nitrogens with zero attached hydrogens (tertiary/aromatic N) is 9. The lowest BCUT2D eigenvalue weighted by atomic mass is 10.0. The Balaban J connectivity index is 1.21. The van der Waals surface area contributed by atoms with Crippen molar-refractivity contribution < 1.29 is 9.90 Å². The van der Waals surface area contributed by atoms with Crippen LogP contribution in [0.3, 0.4) is 0 Å². The summed E-state index contributed by atoms with van der Waals surface area (Å²) < 4.78 is 1.42. The second-order valence-electron chi connectivity index (χ2n) is 10.9. The molecule has 0 unspecified atom stereocenters. The number of hydrogen-bond acceptors (Lipinski definition) is 11. The molecule has 4 N–H and O–H groups in total. The third-order valence-electron chi connectivity index (χ3n) is 7.85. The van der Waals surface area contributed by atoms with Crippen molar-refractivity contribution in [1.29, 1.82) is 10.5 Å². The zero-order valence-electron chi connectivity index (χ0n) is 23.1. The third-order valence-corrected chi connectivity index (χ3v) is 8.24. The summed E-state index contributed by atoms with van der Waals surface area (Å²) in [4.78, 5) is 27.5. The van der Waals surface area contributed by atoms with Crippen LogP contribution < -0.4 is 20.9 Å². The van der Waals surface area contributed by atoms with Crippen LogP contribution in [0.5, 0.6) is 0 Å². The van der Waals surface area contributed by atoms with E-state index in [2.05, 4.69) is 48.1 Å². The number of nitriles is 2. The monoisotopic (exact) mass is 590 g/mol. The molecule has 6 rings (SSSR count). The van der Waals surface area contributed by atoms with Gasteiger partial charge in [0.25, 0.3) is 0 Å². The molecule has 0 spiro atoms. The lowest BCUT2D eigenvalue weighted by Gasteiger charge is -2.39. The molecule has 1 aliphatic carbocycles. The Morgan fingerprint density at radius 1 is 1.12 bits per heavy atom. The van der Waals surface area contributed by atoms with E-state index in [-0.39, 0.29) is 30.3 Å². The summed E-state index contributed by atoms with van der Waals surface area (Å²) in [5.74, 6) is 0.668. The van der Waals surface area contributed by atoms with Crippen molar-refractivity contribution in [2.75, 3.05) is 61.8 Å². The molecule has 4 heterocycles. The average molecular weight is 591 g/mol. The number of imidazole rings is 1. The van der Waals surface area contributed by atoms with Crippen LogP contribution in [-0.4, -0.2) is 105 Å². The van der Waals surface area contributed by atoms with Gasteiger partial charge in [0.05, 0.1) is 46.4 Å². The standard InChI is InChI=1S/C27H31ClN12O2/c1-37-6-8-38(9-7-37)27(42)34-19-4-5-39(15-22(19)41)21-11-16(12-29)10-20(23(21)28)33-26-35-24(32-17-2-3-17)25-31-14-18(13-30)40(25)36-26/h10-11,14,17,19,22,41H,2-9,15H2,1H3,(H,34,42)(H2,32,33,35,36)/t19-,22-/m1/s1. The van der Waals surface area contributed by atoms with E-state index in [0.717, 1.165) is 25.9 Å². The fraction of sp³-hybridized carbons (Fsp3) is 0.481. The molecule has 2 saturated heterocycles. The first-order chi connectivity index (χ1) is 20.3. The number of aromatic nitrogens is 4. The van der Waals surface area contributed by atoms with E-state index in [4.69, 9.17) is 11.6 Å². The highest BCUT2D eigenvalue weighted by Crippen LogP contribution is 2.37. The van der Waals surface area contributed by atoms with Crippen LogP contribution in [0.15, 0.2) is 18.3 Å². The SMILES string of the molecule is CN1CCN(C(=O)N[C@@H]2CCN(c3cc(C#N)cc(Nc4nc(NC5CC5)c5ncc(C#N)n5n4)c3Cl)C[C@H]2O)CC1. The summed E-state index contributed by atoms with van der Waals surface area (Å²) in [6.07, 6.45) is 3.15. The number of rotatable bonds is 6. The number of carbonyl (C=O) groups excluding carboxylic acids is 1. The molecule has 2 aromatic heterocycles. The first-order valence-electron chi connectivity index (χ1n) is 13.9. The molecule has 3 aromatic rings. The van der Waals surface area contributed by atoms with Gasteiger partial charge in [0.1, 0.15) is 6.07 Å². The Morgan fingerprint density at radius 2 is 1.90 bits per heavy atom. The lowest BCUT2D eigenvalue weighted by molar-refractivity contribution is 0.104. The van der Waals surface area contributed by atoms with Gasteiger partial charge in [0, 0.05) is 45.3 Å². The van der Waals surface area contributed by atoms with Crippen molar-refractivity contribution in [2.45, 2.75) is 37.5 Å². The predicted molar refractivity (Wildman–Crippen MR) is 156 cm³/mol. The van der Waals surface area contributed by atoms with E-state index in [9.17, 15) is 20.4 Å². The molecule has 0 bridgehead atoms. The van der Waals surface area contributed by atoms with Gasteiger partial charge in [-0.2, -0.15) is 20.0 Å². The van der Waals surface area contributed by atoms with Crippen LogP contribution >= 0.6 is 11.6 Å². The zero-order chi connectivity index (χ0) is 29.4. The summed E-state index contributed by atoms with van der Waals surface area (Å²) in [7, 11) is 2.03. The molecular formula is C27H31ClN12O2. The molecule has 15 heteroatoms. The molecule has 14 nitrogen and oxygen atoms in total. The quantitative estimate of drug-likeness (QED) is 0.329. The highest BCUT2D eigenvalue weighted by molar-refractivity contribution is 6.36. The van der Waals surface area contributed by atoms with Crippen molar-refractivity contribution in [3.8, 4) is 12.1 Å². The largest absolute Gasteiger partial charge is 0.389 e. The Hall–Kier alpha value is -4.37. The number of anilines is 4. The molecule has 2 atom stereocenters. The Morgan fingerprint density at radius 3 is 2.60 bits per heavy atom. The number of aliphatic hydroxyl groups excluding tert-OH is 1. The molecule has 0 radical (unpaired) electrons. The number of nitrogens with one attached hydrogen (secondary N) is 3. The number of hydrogen-bond donors (Lipinski definition) is 4. The van der Waals surface area contributed by atoms with E-state index < -0.39 is 12.1 Å². The van der Waals surface area contributed by atoms with Gasteiger partial charge in [-0.3, -0.25) is 0 Å². The van der Waals surface area contributed by atoms with E-state index in [0.29, 0.717) is 59.5 Å². The van der Waals surface area contributed by atoms with Crippen molar-refractivity contribution in [3.63, 3.8) is 0 Å². The van der Waals surface area contributed by atoms with Crippen LogP contribution in [0.1, 0.15) is 30.5 Å². The minimum absolute atomic E-state index is 0.165. The van der Waals surface area contributed by atoms with Gasteiger partial charge in [-0.15, -0.1) is 5.10 Å². The topological polar surface area (TPSA) is 174 Å². The highest BCUT2D eigenvalue weighted by Gasteiger charge is 2.32. The third kappa shape index (κ3) is 5.69. The number of benzene rings is 1. The van der Waals surface area contributed by atoms with Crippen molar-refractivity contribution >= 4 is 46.4 Å². The van der Waals surface area contributed by atoms with Crippen LogP contribution in [0.4, 0.5) is 27.9 Å². The summed E-state index contributed by atoms with van der Waals surface area (Å²) >= 11 is 6.87. The minimum atomic E-state index is -0.833. The number of carbonyl (C=O) groups is 1. The summed E-state index contributed by atoms with van der Waals surface area (Å²) in [5, 5.41) is 44.5. The fourth-order valence-corrected chi connectivity index (χ4v) is 5.50. The summed E-state index contributed by atoms with van der Waals surface area (Å²) in [6.45, 7) is 3.67. The molecule has 218 valence electrons. The van der Waals surface area contributed by atoms with Crippen LogP contribution in [0, 0.1) is 22.7 Å². The van der Waals surface area contributed by atoms with E-state index in [1.54, 1.807) is 17.0 Å². The number of urea groups is 1. The van der Waals surface area contributed by atoms with E-state index >= 15 is 0 Å². The van der Waals surface area contributed by atoms with Crippen LogP contribution in [-0.2, 0) is 0 Å². The molecule has 2 amide bonds. The van der Waals surface area contributed by atoms with Gasteiger partial charge in [-0.05, 0) is 38.4 Å². The highest BCUT2D eigenvalue weighted by atomic mass is 35.5. The zero-order valence-corrected chi connectivity index (χ0v) is 23.8. The fourth-order valence-electron chi connectivity index (χ4n) is 5.22. The molecule has 42 heavy (non-hydrogen) atoms. The molecular weight excluding hydrogens is 560 g/mol. The van der Waals surface area contributed by atoms with E-state index in [1.807, 2.05) is 11.9 Å². The maximum atomic E-state index is 12.8. The van der Waals surface area contributed by atoms with Crippen molar-refractivity contribution in [3.05, 3.63) is 34.6 Å². The number of fused-ring (bicyclic) bond motifs is 1. The van der Waals surface area contributed by atoms with Gasteiger partial charge in [-0.1, -0.05) is 11.6 Å². The van der Waals surface area contributed by atoms with Crippen molar-refractivity contribution in [2.24, 2.45) is 0 Å². The molecule has 2 aliphatic heterocycles. The smallest absolute Gasteiger partial charge is 0.317 e. The number of aliphatic hydroxyl groups is 1. The summed E-state index contributed by atoms with van der Waals surface area (Å²) in [5.41, 5.74) is 2.02. The van der Waals surface area contributed by atoms with Gasteiger partial charge in [-0.25, -0.2) is 9.78 Å². The van der Waals surface area contributed by atoms with E-state index in [1.165, 1.54) is 10.7 Å². The number of halogens is 1. The Labute approximate surface area is 247 Å². The number of β-amino-alcohol motifs (C(OH)–C–C–N with tert-alkyl or cyclic N) is 1. The first-order valence-corrected chi connectivity index (χ1v) is 14.3. The van der Waals surface area contributed by atoms with Crippen LogP contribution in [0.25, 0.3) is 5.65 Å². The second kappa shape index (κ2) is 11.5. The van der Waals surface area contributed by atoms with Gasteiger partial charge >= 0.3 is 6.03 Å². The van der Waals surface area contributed by atoms with Gasteiger partial charge < -0.3 is 35.8 Å². The van der Waals surface area contributed by atoms with Crippen LogP contribution in [0.2, 0.25) is 5.02 Å². The number of piperidine rings is 1. The first kappa shape index (κ1) is 27.8. The molecule has 1 aromatic carbocycles. The van der Waals surface area contributed by atoms with Gasteiger partial charge in [0.2, 0.25) is 5.95 Å².